The summed E-state index contributed by atoms with van der Waals surface area (Å²) in [4.78, 5) is 44.0. The molecule has 0 aliphatic carbocycles. The molecule has 3 aliphatic rings. The van der Waals surface area contributed by atoms with Gasteiger partial charge in [-0.05, 0) is 50.4 Å². The zero-order valence-electron chi connectivity index (χ0n) is 29.8. The number of rotatable bonds is 18. The van der Waals surface area contributed by atoms with E-state index in [9.17, 15) is 27.9 Å². The highest BCUT2D eigenvalue weighted by Crippen LogP contribution is 2.45. The summed E-state index contributed by atoms with van der Waals surface area (Å²) in [6.07, 6.45) is 10.8. The van der Waals surface area contributed by atoms with Gasteiger partial charge in [-0.3, -0.25) is 14.2 Å². The van der Waals surface area contributed by atoms with E-state index in [1.807, 2.05) is 20.8 Å². The molecule has 0 spiro atoms. The normalized spacial score (nSPS) is 22.9. The van der Waals surface area contributed by atoms with Crippen molar-refractivity contribution in [1.82, 2.24) is 20.3 Å². The molecule has 0 aromatic heterocycles. The van der Waals surface area contributed by atoms with Gasteiger partial charge in [0, 0.05) is 13.1 Å². The Morgan fingerprint density at radius 1 is 0.979 bits per heavy atom. The zero-order valence-corrected chi connectivity index (χ0v) is 30.6. The Labute approximate surface area is 282 Å². The second kappa shape index (κ2) is 18.0. The number of carboxylic acid groups (broad SMARTS) is 1. The molecular formula is C32H61N5O9S. The molecule has 274 valence electrons. The number of amides is 4. The summed E-state index contributed by atoms with van der Waals surface area (Å²) >= 11 is 0. The Balaban J connectivity index is 0.000000387. The summed E-state index contributed by atoms with van der Waals surface area (Å²) < 4.78 is 36.4. The fourth-order valence-electron chi connectivity index (χ4n) is 6.95. The highest BCUT2D eigenvalue weighted by atomic mass is 32.3. The third-order valence-electron chi connectivity index (χ3n) is 10.1. The molecule has 3 aliphatic heterocycles. The van der Waals surface area contributed by atoms with Crippen molar-refractivity contribution in [3.63, 3.8) is 0 Å². The lowest BCUT2D eigenvalue weighted by Crippen LogP contribution is -2.73. The fourth-order valence-corrected chi connectivity index (χ4v) is 7.34. The minimum Gasteiger partial charge on any atom is -0.530 e. The maximum atomic E-state index is 12.6. The number of carbonyl (C=O) groups is 3. The van der Waals surface area contributed by atoms with Crippen LogP contribution in [0.2, 0.25) is 0 Å². The average molecular weight is 692 g/mol. The molecule has 2 bridgehead atoms. The predicted octanol–water partition coefficient (Wildman–Crippen LogP) is 3.87. The number of nitrogens with zero attached hydrogens (tertiary/aromatic N) is 4. The topological polar surface area (TPSA) is 169 Å². The first-order valence-electron chi connectivity index (χ1n) is 17.5. The molecule has 14 nitrogen and oxygen atoms in total. The van der Waals surface area contributed by atoms with Gasteiger partial charge in [0.25, 0.3) is 5.91 Å². The molecule has 2 N–H and O–H groups in total. The average Bonchev–Trinajstić information content (AvgIpc) is 3.20. The number of hydroxylamine groups is 3. The van der Waals surface area contributed by atoms with Crippen molar-refractivity contribution >= 4 is 28.4 Å². The summed E-state index contributed by atoms with van der Waals surface area (Å²) in [5.41, 5.74) is 0.934. The van der Waals surface area contributed by atoms with E-state index in [1.54, 1.807) is 0 Å². The summed E-state index contributed by atoms with van der Waals surface area (Å²) in [5.74, 6) is -0.626. The number of hydrogen-bond donors (Lipinski definition) is 2. The molecule has 0 unspecified atom stereocenters. The highest BCUT2D eigenvalue weighted by Gasteiger charge is 2.54. The molecule has 4 amide bonds. The van der Waals surface area contributed by atoms with Crippen LogP contribution in [0.1, 0.15) is 119 Å². The Morgan fingerprint density at radius 3 is 1.87 bits per heavy atom. The van der Waals surface area contributed by atoms with Gasteiger partial charge in [-0.15, -0.1) is 4.28 Å². The summed E-state index contributed by atoms with van der Waals surface area (Å²) in [5, 5.41) is 11.9. The smallest absolute Gasteiger partial charge is 0.418 e. The number of piperidine rings is 1. The Kier molecular flexibility index (Phi) is 15.7. The van der Waals surface area contributed by atoms with E-state index in [0.29, 0.717) is 18.0 Å². The number of urea groups is 1. The van der Waals surface area contributed by atoms with Gasteiger partial charge < -0.3 is 24.2 Å². The van der Waals surface area contributed by atoms with Crippen molar-refractivity contribution in [2.45, 2.75) is 137 Å². The number of fused-ring (bicyclic) bond motifs is 2. The zero-order chi connectivity index (χ0) is 35.5. The van der Waals surface area contributed by atoms with E-state index in [4.69, 9.17) is 9.39 Å². The molecule has 15 heteroatoms. The molecule has 3 heterocycles. The van der Waals surface area contributed by atoms with Crippen LogP contribution in [0.3, 0.4) is 0 Å². The first-order chi connectivity index (χ1) is 22.0. The lowest BCUT2D eigenvalue weighted by Gasteiger charge is -2.60. The van der Waals surface area contributed by atoms with Crippen LogP contribution in [0.5, 0.6) is 0 Å². The third kappa shape index (κ3) is 10.9. The molecule has 0 saturated carbocycles. The monoisotopic (exact) mass is 691 g/mol. The van der Waals surface area contributed by atoms with E-state index < -0.39 is 51.5 Å². The Hall–Kier alpha value is -2.20. The van der Waals surface area contributed by atoms with Crippen LogP contribution in [0.25, 0.3) is 0 Å². The van der Waals surface area contributed by atoms with E-state index in [0.717, 1.165) is 4.90 Å². The molecule has 0 radical (unpaired) electrons. The molecule has 3 saturated heterocycles. The summed E-state index contributed by atoms with van der Waals surface area (Å²) in [6.45, 7) is 20.9. The molecule has 0 aromatic carbocycles. The maximum absolute atomic E-state index is 12.6. The second-order valence-corrected chi connectivity index (χ2v) is 15.4. The van der Waals surface area contributed by atoms with Crippen LogP contribution in [0, 0.1) is 5.41 Å². The van der Waals surface area contributed by atoms with E-state index in [2.05, 4.69) is 37.5 Å². The predicted molar refractivity (Wildman–Crippen MR) is 176 cm³/mol. The molecule has 47 heavy (non-hydrogen) atoms. The Bertz CT molecular complexity index is 1090. The van der Waals surface area contributed by atoms with Crippen LogP contribution in [0.15, 0.2) is 0 Å². The minimum absolute atomic E-state index is 0.0524. The number of carbonyl (C=O) groups excluding carboxylic acids is 3. The van der Waals surface area contributed by atoms with Crippen LogP contribution < -0.4 is 10.6 Å². The van der Waals surface area contributed by atoms with Crippen molar-refractivity contribution in [3.8, 4) is 0 Å². The lowest BCUT2D eigenvalue weighted by atomic mass is 9.66. The number of hydrogen-bond acceptors (Lipinski definition) is 8. The number of quaternary nitrogens is 1. The van der Waals surface area contributed by atoms with Gasteiger partial charge >= 0.3 is 16.4 Å². The van der Waals surface area contributed by atoms with E-state index in [-0.39, 0.29) is 26.0 Å². The molecule has 3 fully saturated rings. The van der Waals surface area contributed by atoms with Gasteiger partial charge in [0.05, 0.1) is 44.4 Å². The molecule has 0 aromatic rings. The molecule has 3 rings (SSSR count). The van der Waals surface area contributed by atoms with Crippen molar-refractivity contribution in [2.75, 3.05) is 45.9 Å². The number of unbranched alkanes of at least 4 members (excludes halogenated alkanes) is 4. The fraction of sp³-hybridized carbons (Fsp3) is 0.906. The first kappa shape index (κ1) is 41.0. The minimum atomic E-state index is -4.87. The van der Waals surface area contributed by atoms with Crippen molar-refractivity contribution < 1.29 is 46.1 Å². The van der Waals surface area contributed by atoms with Crippen molar-refractivity contribution in [3.05, 3.63) is 0 Å². The summed E-state index contributed by atoms with van der Waals surface area (Å²) in [6, 6.07) is -2.39. The number of likely N-dealkylation sites (tertiary alicyclic amines) is 1. The highest BCUT2D eigenvalue weighted by molar-refractivity contribution is 7.80. The standard InChI is InChI=1S/C16H26N4O9S.C16H36N/c1-15(2,3)16(6-7-19(16)14(23)24)9-28-17-12(21)11-5-4-10-8-18(11)13(22)20(10)29-30(25,26)27;1-5-9-13-17(14-10-6-2,15-11-7-3)16-12-8-4/h10-11H,4-9H2,1-3H3,(H,17,21)(H,23,24)(H,25,26,27);5-16H2,1-4H3/q;+1/p-1/t10-,11+,16-;/m1./s1. The maximum Gasteiger partial charge on any atom is 0.418 e. The van der Waals surface area contributed by atoms with Crippen LogP contribution in [-0.4, -0.2) is 114 Å². The van der Waals surface area contributed by atoms with E-state index >= 15 is 0 Å². The van der Waals surface area contributed by atoms with Crippen LogP contribution in [-0.2, 0) is 24.3 Å². The largest absolute Gasteiger partial charge is 0.530 e. The van der Waals surface area contributed by atoms with Crippen molar-refractivity contribution in [2.24, 2.45) is 5.41 Å². The van der Waals surface area contributed by atoms with Gasteiger partial charge in [0.15, 0.2) is 0 Å². The van der Waals surface area contributed by atoms with Crippen molar-refractivity contribution in [1.29, 1.82) is 0 Å². The molecular weight excluding hydrogens is 630 g/mol. The quantitative estimate of drug-likeness (QED) is 0.123. The number of nitrogens with one attached hydrogen (secondary N) is 1. The van der Waals surface area contributed by atoms with Gasteiger partial charge in [0.2, 0.25) is 0 Å². The van der Waals surface area contributed by atoms with Gasteiger partial charge in [-0.25, -0.2) is 10.3 Å². The Morgan fingerprint density at radius 2 is 1.49 bits per heavy atom. The first-order valence-corrected chi connectivity index (χ1v) is 18.9. The van der Waals surface area contributed by atoms with Crippen LogP contribution in [0.4, 0.5) is 9.59 Å². The summed E-state index contributed by atoms with van der Waals surface area (Å²) in [7, 11) is -4.87. The van der Waals surface area contributed by atoms with Gasteiger partial charge in [0.1, 0.15) is 12.1 Å². The molecule has 3 atom stereocenters. The SMILES string of the molecule is CC(C)(C)[C@]1(CONC(=O)[C@@H]2CC[C@@H]3CN2C(=O)N3OS(=O)(=O)O)CCN1C(=O)[O-].CCCC[N+](CCCC)(CCCC)CCCC. The third-order valence-corrected chi connectivity index (χ3v) is 10.5. The van der Waals surface area contributed by atoms with Gasteiger partial charge in [-0.2, -0.15) is 13.5 Å². The lowest BCUT2D eigenvalue weighted by molar-refractivity contribution is -0.929. The van der Waals surface area contributed by atoms with Crippen LogP contribution >= 0.6 is 0 Å². The second-order valence-electron chi connectivity index (χ2n) is 14.4. The van der Waals surface area contributed by atoms with Gasteiger partial charge in [-0.1, -0.05) is 74.1 Å². The van der Waals surface area contributed by atoms with E-state index in [1.165, 1.54) is 86.9 Å².